The van der Waals surface area contributed by atoms with Gasteiger partial charge in [0.05, 0.1) is 26.7 Å². The molecule has 1 amide bonds. The second kappa shape index (κ2) is 13.6. The predicted molar refractivity (Wildman–Crippen MR) is 163 cm³/mol. The Morgan fingerprint density at radius 3 is 2.48 bits per heavy atom. The Bertz CT molecular complexity index is 1440. The average molecular weight is 611 g/mol. The number of anilines is 1. The fourth-order valence-electron chi connectivity index (χ4n) is 5.38. The highest BCUT2D eigenvalue weighted by Gasteiger charge is 2.30. The van der Waals surface area contributed by atoms with Crippen molar-refractivity contribution in [1.82, 2.24) is 14.9 Å². The SMILES string of the molecule is CCOC(=O)C1CCCN(C(=O)c2ccc(CSc3nc(Cl)cc(N4CCc5cc(OC)c(OC)cc5C4)n3)cc2)C1. The molecule has 1 atom stereocenters. The Labute approximate surface area is 255 Å². The number of ether oxygens (including phenoxy) is 3. The normalized spacial score (nSPS) is 16.5. The van der Waals surface area contributed by atoms with Crippen molar-refractivity contribution in [3.63, 3.8) is 0 Å². The summed E-state index contributed by atoms with van der Waals surface area (Å²) in [6.07, 6.45) is 2.39. The van der Waals surface area contributed by atoms with Gasteiger partial charge < -0.3 is 24.0 Å². The molecule has 222 valence electrons. The number of likely N-dealkylation sites (tertiary alicyclic amines) is 1. The predicted octanol–water partition coefficient (Wildman–Crippen LogP) is 5.42. The molecule has 2 aliphatic heterocycles. The maximum Gasteiger partial charge on any atom is 0.310 e. The summed E-state index contributed by atoms with van der Waals surface area (Å²) in [6, 6.07) is 13.4. The number of esters is 1. The van der Waals surface area contributed by atoms with Gasteiger partial charge in [0.1, 0.15) is 11.0 Å². The van der Waals surface area contributed by atoms with Crippen LogP contribution >= 0.6 is 23.4 Å². The molecule has 1 saturated heterocycles. The van der Waals surface area contributed by atoms with E-state index in [4.69, 9.17) is 30.8 Å². The first-order valence-electron chi connectivity index (χ1n) is 14.1. The maximum atomic E-state index is 13.1. The number of nitrogens with zero attached hydrogens (tertiary/aromatic N) is 4. The van der Waals surface area contributed by atoms with Crippen LogP contribution in [0.4, 0.5) is 5.82 Å². The summed E-state index contributed by atoms with van der Waals surface area (Å²) in [5.74, 6) is 2.31. The van der Waals surface area contributed by atoms with E-state index in [9.17, 15) is 9.59 Å². The van der Waals surface area contributed by atoms with E-state index in [1.807, 2.05) is 36.4 Å². The summed E-state index contributed by atoms with van der Waals surface area (Å²) < 4.78 is 16.1. The Hall–Kier alpha value is -3.50. The molecule has 3 aromatic rings. The van der Waals surface area contributed by atoms with Crippen molar-refractivity contribution in [2.24, 2.45) is 5.92 Å². The number of methoxy groups -OCH3 is 2. The van der Waals surface area contributed by atoms with Crippen LogP contribution in [-0.2, 0) is 28.2 Å². The first-order chi connectivity index (χ1) is 20.4. The van der Waals surface area contributed by atoms with Gasteiger partial charge in [-0.3, -0.25) is 9.59 Å². The van der Waals surface area contributed by atoms with Crippen LogP contribution in [0, 0.1) is 5.92 Å². The molecule has 42 heavy (non-hydrogen) atoms. The molecule has 0 spiro atoms. The molecule has 1 fully saturated rings. The summed E-state index contributed by atoms with van der Waals surface area (Å²) >= 11 is 7.91. The van der Waals surface area contributed by atoms with Crippen molar-refractivity contribution in [2.75, 3.05) is 45.4 Å². The van der Waals surface area contributed by atoms with Gasteiger partial charge in [-0.25, -0.2) is 9.97 Å². The van der Waals surface area contributed by atoms with Gasteiger partial charge in [0, 0.05) is 43.6 Å². The number of piperidine rings is 1. The lowest BCUT2D eigenvalue weighted by Crippen LogP contribution is -2.42. The first-order valence-corrected chi connectivity index (χ1v) is 15.5. The number of amides is 1. The third-order valence-corrected chi connectivity index (χ3v) is 8.71. The standard InChI is InChI=1S/C31H35ClN4O5S/c1-4-41-30(38)23-6-5-12-36(17-23)29(37)21-9-7-20(8-10-21)19-42-31-33-27(32)16-28(34-31)35-13-11-22-14-25(39-2)26(40-3)15-24(22)18-35/h7-10,14-16,23H,4-6,11-13,17-19H2,1-3H3. The molecule has 2 aliphatic rings. The van der Waals surface area contributed by atoms with Gasteiger partial charge in [0.15, 0.2) is 16.7 Å². The molecule has 0 saturated carbocycles. The highest BCUT2D eigenvalue weighted by atomic mass is 35.5. The van der Waals surface area contributed by atoms with Crippen molar-refractivity contribution < 1.29 is 23.8 Å². The van der Waals surface area contributed by atoms with Crippen molar-refractivity contribution >= 4 is 41.1 Å². The van der Waals surface area contributed by atoms with Gasteiger partial charge in [0.2, 0.25) is 0 Å². The van der Waals surface area contributed by atoms with E-state index < -0.39 is 0 Å². The van der Waals surface area contributed by atoms with Gasteiger partial charge in [-0.1, -0.05) is 35.5 Å². The van der Waals surface area contributed by atoms with Crippen molar-refractivity contribution in [3.05, 3.63) is 69.9 Å². The highest BCUT2D eigenvalue weighted by Crippen LogP contribution is 2.35. The summed E-state index contributed by atoms with van der Waals surface area (Å²) in [7, 11) is 3.29. The van der Waals surface area contributed by atoms with E-state index in [1.54, 1.807) is 32.1 Å². The summed E-state index contributed by atoms with van der Waals surface area (Å²) in [5, 5.41) is 0.985. The number of carbonyl (C=O) groups excluding carboxylic acids is 2. The summed E-state index contributed by atoms with van der Waals surface area (Å²) in [5.41, 5.74) is 4.05. The zero-order valence-corrected chi connectivity index (χ0v) is 25.7. The van der Waals surface area contributed by atoms with Crippen LogP contribution in [0.15, 0.2) is 47.6 Å². The molecule has 0 N–H and O–H groups in total. The van der Waals surface area contributed by atoms with Crippen molar-refractivity contribution in [3.8, 4) is 11.5 Å². The minimum Gasteiger partial charge on any atom is -0.493 e. The number of carbonyl (C=O) groups is 2. The third kappa shape index (κ3) is 6.93. The van der Waals surface area contributed by atoms with E-state index in [0.29, 0.717) is 53.6 Å². The van der Waals surface area contributed by atoms with Gasteiger partial charge in [-0.05, 0) is 67.1 Å². The topological polar surface area (TPSA) is 94.1 Å². The lowest BCUT2D eigenvalue weighted by molar-refractivity contribution is -0.149. The van der Waals surface area contributed by atoms with Crippen molar-refractivity contribution in [1.29, 1.82) is 0 Å². The van der Waals surface area contributed by atoms with Gasteiger partial charge >= 0.3 is 5.97 Å². The average Bonchev–Trinajstić information content (AvgIpc) is 3.02. The van der Waals surface area contributed by atoms with Gasteiger partial charge in [0.25, 0.3) is 5.91 Å². The Balaban J connectivity index is 1.21. The minimum atomic E-state index is -0.257. The first kappa shape index (κ1) is 30.0. The number of hydrogen-bond acceptors (Lipinski definition) is 9. The van der Waals surface area contributed by atoms with Crippen molar-refractivity contribution in [2.45, 2.75) is 43.6 Å². The summed E-state index contributed by atoms with van der Waals surface area (Å²) in [4.78, 5) is 38.5. The number of thioether (sulfide) groups is 1. The van der Waals surface area contributed by atoms with Crippen LogP contribution in [-0.4, -0.2) is 67.2 Å². The van der Waals surface area contributed by atoms with E-state index in [2.05, 4.69) is 9.88 Å². The van der Waals surface area contributed by atoms with Gasteiger partial charge in [-0.15, -0.1) is 0 Å². The number of aromatic nitrogens is 2. The fraction of sp³-hybridized carbons (Fsp3) is 0.419. The minimum absolute atomic E-state index is 0.0646. The maximum absolute atomic E-state index is 13.1. The second-order valence-corrected chi connectivity index (χ2v) is 11.6. The van der Waals surface area contributed by atoms with Crippen LogP contribution in [0.3, 0.4) is 0 Å². The molecule has 0 radical (unpaired) electrons. The number of rotatable bonds is 9. The molecule has 1 unspecified atom stereocenters. The molecule has 5 rings (SSSR count). The van der Waals surface area contributed by atoms with Crippen LogP contribution in [0.25, 0.3) is 0 Å². The largest absolute Gasteiger partial charge is 0.493 e. The van der Waals surface area contributed by atoms with Crippen LogP contribution in [0.5, 0.6) is 11.5 Å². The van der Waals surface area contributed by atoms with E-state index >= 15 is 0 Å². The smallest absolute Gasteiger partial charge is 0.310 e. The Morgan fingerprint density at radius 2 is 1.76 bits per heavy atom. The fourth-order valence-corrected chi connectivity index (χ4v) is 6.42. The van der Waals surface area contributed by atoms with E-state index in [1.165, 1.54) is 22.9 Å². The Kier molecular flexibility index (Phi) is 9.74. The highest BCUT2D eigenvalue weighted by molar-refractivity contribution is 7.98. The van der Waals surface area contributed by atoms with Crippen LogP contribution < -0.4 is 14.4 Å². The number of halogens is 1. The zero-order valence-electron chi connectivity index (χ0n) is 24.1. The molecule has 0 bridgehead atoms. The molecular formula is C31H35ClN4O5S. The van der Waals surface area contributed by atoms with E-state index in [-0.39, 0.29) is 17.8 Å². The summed E-state index contributed by atoms with van der Waals surface area (Å²) in [6.45, 7) is 4.67. The molecular weight excluding hydrogens is 576 g/mol. The number of hydrogen-bond donors (Lipinski definition) is 0. The molecule has 0 aliphatic carbocycles. The molecule has 1 aromatic heterocycles. The Morgan fingerprint density at radius 1 is 1.02 bits per heavy atom. The quantitative estimate of drug-likeness (QED) is 0.136. The van der Waals surface area contributed by atoms with Crippen LogP contribution in [0.1, 0.15) is 46.8 Å². The molecule has 2 aromatic carbocycles. The zero-order chi connectivity index (χ0) is 29.6. The second-order valence-electron chi connectivity index (χ2n) is 10.3. The third-order valence-electron chi connectivity index (χ3n) is 7.60. The number of fused-ring (bicyclic) bond motifs is 1. The lowest BCUT2D eigenvalue weighted by atomic mass is 9.97. The molecule has 3 heterocycles. The van der Waals surface area contributed by atoms with Crippen LogP contribution in [0.2, 0.25) is 5.15 Å². The van der Waals surface area contributed by atoms with Gasteiger partial charge in [-0.2, -0.15) is 0 Å². The lowest BCUT2D eigenvalue weighted by Gasteiger charge is -2.31. The number of benzene rings is 2. The van der Waals surface area contributed by atoms with E-state index in [0.717, 1.165) is 42.9 Å². The monoisotopic (exact) mass is 610 g/mol. The molecule has 11 heteroatoms. The molecule has 9 nitrogen and oxygen atoms in total.